The number of hydrogen-bond donors (Lipinski definition) is 1. The molecule has 106 valence electrons. The SMILES string of the molecule is COc1cccc(CN2CCN[C@@H](C)[C@@H]2C)c1OC. The van der Waals surface area contributed by atoms with Crippen LogP contribution >= 0.6 is 0 Å². The van der Waals surface area contributed by atoms with E-state index >= 15 is 0 Å². The molecule has 0 aliphatic carbocycles. The van der Waals surface area contributed by atoms with Crippen molar-refractivity contribution in [2.75, 3.05) is 27.3 Å². The number of ether oxygens (including phenoxy) is 2. The van der Waals surface area contributed by atoms with Crippen LogP contribution in [0.2, 0.25) is 0 Å². The Balaban J connectivity index is 2.18. The summed E-state index contributed by atoms with van der Waals surface area (Å²) >= 11 is 0. The second kappa shape index (κ2) is 6.26. The Morgan fingerprint density at radius 2 is 2.05 bits per heavy atom. The first-order valence-corrected chi connectivity index (χ1v) is 6.84. The highest BCUT2D eigenvalue weighted by Crippen LogP contribution is 2.32. The van der Waals surface area contributed by atoms with E-state index in [9.17, 15) is 0 Å². The minimum absolute atomic E-state index is 0.518. The molecule has 0 spiro atoms. The summed E-state index contributed by atoms with van der Waals surface area (Å²) in [4.78, 5) is 2.48. The molecular weight excluding hydrogens is 240 g/mol. The van der Waals surface area contributed by atoms with Gasteiger partial charge in [0.1, 0.15) is 0 Å². The van der Waals surface area contributed by atoms with Crippen molar-refractivity contribution in [3.63, 3.8) is 0 Å². The minimum atomic E-state index is 0.518. The predicted molar refractivity (Wildman–Crippen MR) is 76.9 cm³/mol. The molecule has 1 aromatic carbocycles. The Kier molecular flexibility index (Phi) is 4.66. The Morgan fingerprint density at radius 3 is 2.74 bits per heavy atom. The Hall–Kier alpha value is -1.26. The molecule has 1 aromatic rings. The Labute approximate surface area is 115 Å². The van der Waals surface area contributed by atoms with Crippen molar-refractivity contribution in [3.8, 4) is 11.5 Å². The fourth-order valence-corrected chi connectivity index (χ4v) is 2.65. The Morgan fingerprint density at radius 1 is 1.26 bits per heavy atom. The second-order valence-electron chi connectivity index (χ2n) is 5.11. The largest absolute Gasteiger partial charge is 0.493 e. The highest BCUT2D eigenvalue weighted by atomic mass is 16.5. The molecule has 0 amide bonds. The van der Waals surface area contributed by atoms with E-state index in [1.165, 1.54) is 5.56 Å². The molecule has 1 saturated heterocycles. The van der Waals surface area contributed by atoms with Gasteiger partial charge in [-0.05, 0) is 19.9 Å². The number of nitrogens with zero attached hydrogens (tertiary/aromatic N) is 1. The third-order valence-electron chi connectivity index (χ3n) is 4.02. The lowest BCUT2D eigenvalue weighted by Crippen LogP contribution is -2.54. The fraction of sp³-hybridized carbons (Fsp3) is 0.600. The Bertz CT molecular complexity index is 423. The van der Waals surface area contributed by atoms with Gasteiger partial charge in [-0.3, -0.25) is 4.90 Å². The van der Waals surface area contributed by atoms with Gasteiger partial charge in [0, 0.05) is 37.3 Å². The third-order valence-corrected chi connectivity index (χ3v) is 4.02. The lowest BCUT2D eigenvalue weighted by molar-refractivity contribution is 0.129. The normalized spacial score (nSPS) is 24.2. The summed E-state index contributed by atoms with van der Waals surface area (Å²) in [5.41, 5.74) is 1.18. The van der Waals surface area contributed by atoms with E-state index in [1.807, 2.05) is 12.1 Å². The van der Waals surface area contributed by atoms with Crippen molar-refractivity contribution >= 4 is 0 Å². The molecule has 4 heteroatoms. The first-order chi connectivity index (χ1) is 9.17. The van der Waals surface area contributed by atoms with E-state index in [0.29, 0.717) is 12.1 Å². The average molecular weight is 264 g/mol. The highest BCUT2D eigenvalue weighted by Gasteiger charge is 2.25. The maximum absolute atomic E-state index is 5.50. The quantitative estimate of drug-likeness (QED) is 0.900. The van der Waals surface area contributed by atoms with Gasteiger partial charge >= 0.3 is 0 Å². The van der Waals surface area contributed by atoms with Crippen molar-refractivity contribution in [1.82, 2.24) is 10.2 Å². The average Bonchev–Trinajstić information content (AvgIpc) is 2.43. The topological polar surface area (TPSA) is 33.7 Å². The zero-order valence-electron chi connectivity index (χ0n) is 12.3. The molecule has 0 bridgehead atoms. The summed E-state index contributed by atoms with van der Waals surface area (Å²) in [6.07, 6.45) is 0. The maximum atomic E-state index is 5.50. The molecule has 2 atom stereocenters. The lowest BCUT2D eigenvalue weighted by atomic mass is 10.1. The van der Waals surface area contributed by atoms with Crippen LogP contribution in [-0.2, 0) is 6.54 Å². The van der Waals surface area contributed by atoms with Crippen molar-refractivity contribution in [2.45, 2.75) is 32.5 Å². The van der Waals surface area contributed by atoms with Crippen molar-refractivity contribution in [1.29, 1.82) is 0 Å². The maximum Gasteiger partial charge on any atom is 0.165 e. The van der Waals surface area contributed by atoms with Gasteiger partial charge in [0.2, 0.25) is 0 Å². The monoisotopic (exact) mass is 264 g/mol. The van der Waals surface area contributed by atoms with Gasteiger partial charge in [-0.2, -0.15) is 0 Å². The van der Waals surface area contributed by atoms with E-state index in [-0.39, 0.29) is 0 Å². The molecular formula is C15H24N2O2. The summed E-state index contributed by atoms with van der Waals surface area (Å²) < 4.78 is 10.9. The molecule has 1 heterocycles. The number of methoxy groups -OCH3 is 2. The van der Waals surface area contributed by atoms with Crippen LogP contribution < -0.4 is 14.8 Å². The molecule has 4 nitrogen and oxygen atoms in total. The van der Waals surface area contributed by atoms with Crippen molar-refractivity contribution in [3.05, 3.63) is 23.8 Å². The number of hydrogen-bond acceptors (Lipinski definition) is 4. The van der Waals surface area contributed by atoms with Crippen LogP contribution in [0.4, 0.5) is 0 Å². The van der Waals surface area contributed by atoms with Crippen LogP contribution in [0.5, 0.6) is 11.5 Å². The van der Waals surface area contributed by atoms with Crippen LogP contribution in [0, 0.1) is 0 Å². The summed E-state index contributed by atoms with van der Waals surface area (Å²) in [6, 6.07) is 7.11. The van der Waals surface area contributed by atoms with Crippen LogP contribution in [0.25, 0.3) is 0 Å². The molecule has 0 saturated carbocycles. The standard InChI is InChI=1S/C15H24N2O2/c1-11-12(2)17(9-8-16-11)10-13-6-5-7-14(18-3)15(13)19-4/h5-7,11-12,16H,8-10H2,1-4H3/t11-,12-/m0/s1. The molecule has 0 aromatic heterocycles. The van der Waals surface area contributed by atoms with E-state index in [2.05, 4.69) is 30.1 Å². The number of nitrogens with one attached hydrogen (secondary N) is 1. The smallest absolute Gasteiger partial charge is 0.165 e. The van der Waals surface area contributed by atoms with Crippen molar-refractivity contribution < 1.29 is 9.47 Å². The van der Waals surface area contributed by atoms with Crippen LogP contribution in [0.3, 0.4) is 0 Å². The van der Waals surface area contributed by atoms with Gasteiger partial charge in [0.05, 0.1) is 14.2 Å². The molecule has 0 unspecified atom stereocenters. The first-order valence-electron chi connectivity index (χ1n) is 6.84. The number of para-hydroxylation sites is 1. The van der Waals surface area contributed by atoms with Gasteiger partial charge in [-0.15, -0.1) is 0 Å². The lowest BCUT2D eigenvalue weighted by Gasteiger charge is -2.38. The summed E-state index contributed by atoms with van der Waals surface area (Å²) in [5.74, 6) is 1.65. The van der Waals surface area contributed by atoms with Gasteiger partial charge in [0.25, 0.3) is 0 Å². The van der Waals surface area contributed by atoms with Crippen molar-refractivity contribution in [2.24, 2.45) is 0 Å². The summed E-state index contributed by atoms with van der Waals surface area (Å²) in [7, 11) is 3.38. The number of rotatable bonds is 4. The third kappa shape index (κ3) is 3.01. The van der Waals surface area contributed by atoms with Crippen LogP contribution in [0.1, 0.15) is 19.4 Å². The minimum Gasteiger partial charge on any atom is -0.493 e. The van der Waals surface area contributed by atoms with E-state index in [1.54, 1.807) is 14.2 Å². The molecule has 0 radical (unpaired) electrons. The van der Waals surface area contributed by atoms with Gasteiger partial charge in [-0.25, -0.2) is 0 Å². The van der Waals surface area contributed by atoms with Gasteiger partial charge in [0.15, 0.2) is 11.5 Å². The fourth-order valence-electron chi connectivity index (χ4n) is 2.65. The first kappa shape index (κ1) is 14.2. The van der Waals surface area contributed by atoms with E-state index in [0.717, 1.165) is 31.1 Å². The van der Waals surface area contributed by atoms with Crippen LogP contribution in [-0.4, -0.2) is 44.3 Å². The summed E-state index contributed by atoms with van der Waals surface area (Å²) in [6.45, 7) is 7.50. The predicted octanol–water partition coefficient (Wildman–Crippen LogP) is 1.89. The molecule has 1 fully saturated rings. The zero-order valence-corrected chi connectivity index (χ0v) is 12.3. The van der Waals surface area contributed by atoms with Crippen LogP contribution in [0.15, 0.2) is 18.2 Å². The molecule has 2 rings (SSSR count). The van der Waals surface area contributed by atoms with E-state index in [4.69, 9.17) is 9.47 Å². The molecule has 19 heavy (non-hydrogen) atoms. The number of benzene rings is 1. The highest BCUT2D eigenvalue weighted by molar-refractivity contribution is 5.46. The second-order valence-corrected chi connectivity index (χ2v) is 5.11. The van der Waals surface area contributed by atoms with E-state index < -0.39 is 0 Å². The zero-order chi connectivity index (χ0) is 13.8. The molecule has 1 aliphatic heterocycles. The molecule has 1 aliphatic rings. The van der Waals surface area contributed by atoms with Gasteiger partial charge in [-0.1, -0.05) is 12.1 Å². The number of piperazine rings is 1. The molecule has 1 N–H and O–H groups in total. The summed E-state index contributed by atoms with van der Waals surface area (Å²) in [5, 5.41) is 3.50. The van der Waals surface area contributed by atoms with Gasteiger partial charge < -0.3 is 14.8 Å².